The Morgan fingerprint density at radius 2 is 1.45 bits per heavy atom. The minimum absolute atomic E-state index is 0.0290. The van der Waals surface area contributed by atoms with Crippen LogP contribution in [-0.4, -0.2) is 83.6 Å². The van der Waals surface area contributed by atoms with Gasteiger partial charge in [-0.15, -0.1) is 0 Å². The molecule has 11 heteroatoms. The zero-order chi connectivity index (χ0) is 26.7. The molecule has 0 saturated carbocycles. The van der Waals surface area contributed by atoms with Crippen molar-refractivity contribution in [2.24, 2.45) is 0 Å². The summed E-state index contributed by atoms with van der Waals surface area (Å²) < 4.78 is 27.1. The summed E-state index contributed by atoms with van der Waals surface area (Å²) in [7, 11) is -3.46. The highest BCUT2D eigenvalue weighted by Gasteiger charge is 2.27. The van der Waals surface area contributed by atoms with Crippen LogP contribution >= 0.6 is 0 Å². The zero-order valence-electron chi connectivity index (χ0n) is 21.2. The van der Waals surface area contributed by atoms with Crippen LogP contribution in [-0.2, 0) is 14.8 Å². The molecule has 2 saturated heterocycles. The lowest BCUT2D eigenvalue weighted by Gasteiger charge is -2.34. The lowest BCUT2D eigenvalue weighted by molar-refractivity contribution is -0.130. The summed E-state index contributed by atoms with van der Waals surface area (Å²) in [5.41, 5.74) is 2.74. The summed E-state index contributed by atoms with van der Waals surface area (Å²) in [6.07, 6.45) is 3.43. The highest BCUT2D eigenvalue weighted by molar-refractivity contribution is 7.89. The molecule has 5 rings (SSSR count). The average molecular weight is 535 g/mol. The second-order valence-corrected chi connectivity index (χ2v) is 11.3. The molecule has 2 aliphatic heterocycles. The molecule has 0 radical (unpaired) electrons. The number of sulfonamides is 1. The Bertz CT molecular complexity index is 1410. The first-order valence-electron chi connectivity index (χ1n) is 12.7. The smallest absolute Gasteiger partial charge is 0.253 e. The summed E-state index contributed by atoms with van der Waals surface area (Å²) >= 11 is 0. The van der Waals surface area contributed by atoms with E-state index in [0.717, 1.165) is 24.1 Å². The monoisotopic (exact) mass is 534 g/mol. The quantitative estimate of drug-likeness (QED) is 0.517. The Kier molecular flexibility index (Phi) is 7.39. The molecule has 0 spiro atoms. The maximum Gasteiger partial charge on any atom is 0.253 e. The van der Waals surface area contributed by atoms with Crippen LogP contribution in [0.5, 0.6) is 0 Å². The van der Waals surface area contributed by atoms with Crippen molar-refractivity contribution in [1.29, 1.82) is 0 Å². The van der Waals surface area contributed by atoms with Gasteiger partial charge in [0.05, 0.1) is 10.6 Å². The first-order valence-corrected chi connectivity index (χ1v) is 14.1. The van der Waals surface area contributed by atoms with Crippen molar-refractivity contribution in [2.75, 3.05) is 44.6 Å². The number of aromatic nitrogens is 2. The lowest BCUT2D eigenvalue weighted by atomic mass is 10.1. The standard InChI is InChI=1S/C27H30N6O4S/c1-20(34)31-16-18-32(19-17-31)26(35)22-4-8-23(9-5-22)29-27-28-13-12-25(30-27)21-6-10-24(11-7-21)38(36,37)33-14-2-3-15-33/h4-13H,2-3,14-19H2,1H3,(H,28,29,30). The van der Waals surface area contributed by atoms with Crippen LogP contribution < -0.4 is 5.32 Å². The van der Waals surface area contributed by atoms with Gasteiger partial charge in [0.2, 0.25) is 21.9 Å². The van der Waals surface area contributed by atoms with E-state index in [1.165, 1.54) is 4.31 Å². The molecule has 2 aliphatic rings. The fraction of sp³-hybridized carbons (Fsp3) is 0.333. The third-order valence-corrected chi connectivity index (χ3v) is 8.82. The van der Waals surface area contributed by atoms with Crippen molar-refractivity contribution in [3.05, 3.63) is 66.4 Å². The third kappa shape index (κ3) is 5.53. The van der Waals surface area contributed by atoms with Gasteiger partial charge in [-0.2, -0.15) is 4.31 Å². The van der Waals surface area contributed by atoms with Crippen molar-refractivity contribution >= 4 is 33.5 Å². The predicted octanol–water partition coefficient (Wildman–Crippen LogP) is 2.98. The summed E-state index contributed by atoms with van der Waals surface area (Å²) in [5.74, 6) is 0.352. The summed E-state index contributed by atoms with van der Waals surface area (Å²) in [4.78, 5) is 37.0. The van der Waals surface area contributed by atoms with Gasteiger partial charge in [0, 0.05) is 69.2 Å². The minimum atomic E-state index is -3.46. The molecule has 3 aromatic rings. The van der Waals surface area contributed by atoms with E-state index in [1.807, 2.05) is 0 Å². The van der Waals surface area contributed by atoms with Gasteiger partial charge in [0.1, 0.15) is 0 Å². The number of carbonyl (C=O) groups is 2. The third-order valence-electron chi connectivity index (χ3n) is 6.91. The van der Waals surface area contributed by atoms with Crippen LogP contribution in [0.4, 0.5) is 11.6 Å². The highest BCUT2D eigenvalue weighted by atomic mass is 32.2. The van der Waals surface area contributed by atoms with E-state index in [2.05, 4.69) is 15.3 Å². The fourth-order valence-electron chi connectivity index (χ4n) is 4.69. The average Bonchev–Trinajstić information content (AvgIpc) is 3.50. The number of rotatable bonds is 6. The Morgan fingerprint density at radius 1 is 0.816 bits per heavy atom. The van der Waals surface area contributed by atoms with Crippen molar-refractivity contribution in [3.63, 3.8) is 0 Å². The number of anilines is 2. The summed E-state index contributed by atoms with van der Waals surface area (Å²) in [6, 6.07) is 15.6. The number of hydrogen-bond acceptors (Lipinski definition) is 7. The van der Waals surface area contributed by atoms with E-state index in [0.29, 0.717) is 56.5 Å². The van der Waals surface area contributed by atoms with Gasteiger partial charge in [0.15, 0.2) is 0 Å². The van der Waals surface area contributed by atoms with Crippen LogP contribution in [0.3, 0.4) is 0 Å². The van der Waals surface area contributed by atoms with Gasteiger partial charge in [-0.3, -0.25) is 9.59 Å². The number of amides is 2. The van der Waals surface area contributed by atoms with Crippen LogP contribution in [0, 0.1) is 0 Å². The van der Waals surface area contributed by atoms with Crippen LogP contribution in [0.1, 0.15) is 30.1 Å². The van der Waals surface area contributed by atoms with E-state index >= 15 is 0 Å². The minimum Gasteiger partial charge on any atom is -0.339 e. The SMILES string of the molecule is CC(=O)N1CCN(C(=O)c2ccc(Nc3nccc(-c4ccc(S(=O)(=O)N5CCCC5)cc4)n3)cc2)CC1. The molecule has 0 aliphatic carbocycles. The zero-order valence-corrected chi connectivity index (χ0v) is 22.0. The van der Waals surface area contributed by atoms with Gasteiger partial charge in [-0.05, 0) is 55.3 Å². The van der Waals surface area contributed by atoms with Crippen molar-refractivity contribution < 1.29 is 18.0 Å². The van der Waals surface area contributed by atoms with E-state index in [9.17, 15) is 18.0 Å². The maximum absolute atomic E-state index is 12.8. The number of carbonyl (C=O) groups excluding carboxylic acids is 2. The topological polar surface area (TPSA) is 116 Å². The van der Waals surface area contributed by atoms with Gasteiger partial charge in [-0.25, -0.2) is 18.4 Å². The molecule has 1 N–H and O–H groups in total. The molecular weight excluding hydrogens is 504 g/mol. The predicted molar refractivity (Wildman–Crippen MR) is 143 cm³/mol. The molecule has 3 heterocycles. The Morgan fingerprint density at radius 3 is 2.08 bits per heavy atom. The van der Waals surface area contributed by atoms with Crippen LogP contribution in [0.25, 0.3) is 11.3 Å². The Balaban J connectivity index is 1.23. The van der Waals surface area contributed by atoms with Crippen LogP contribution in [0.2, 0.25) is 0 Å². The van der Waals surface area contributed by atoms with E-state index in [-0.39, 0.29) is 16.7 Å². The molecule has 0 bridgehead atoms. The number of benzene rings is 2. The molecule has 2 aromatic carbocycles. The maximum atomic E-state index is 12.8. The molecule has 38 heavy (non-hydrogen) atoms. The van der Waals surface area contributed by atoms with Gasteiger partial charge < -0.3 is 15.1 Å². The fourth-order valence-corrected chi connectivity index (χ4v) is 6.20. The van der Waals surface area contributed by atoms with Gasteiger partial charge in [-0.1, -0.05) is 12.1 Å². The largest absolute Gasteiger partial charge is 0.339 e. The van der Waals surface area contributed by atoms with Gasteiger partial charge in [0.25, 0.3) is 5.91 Å². The van der Waals surface area contributed by atoms with Crippen LogP contribution in [0.15, 0.2) is 65.7 Å². The second-order valence-electron chi connectivity index (χ2n) is 9.40. The second kappa shape index (κ2) is 10.9. The molecule has 2 amide bonds. The first kappa shape index (κ1) is 25.8. The van der Waals surface area contributed by atoms with Gasteiger partial charge >= 0.3 is 0 Å². The van der Waals surface area contributed by atoms with E-state index in [1.54, 1.807) is 77.5 Å². The molecule has 0 unspecified atom stereocenters. The number of piperazine rings is 1. The summed E-state index contributed by atoms with van der Waals surface area (Å²) in [6.45, 7) is 4.81. The van der Waals surface area contributed by atoms with Crippen molar-refractivity contribution in [3.8, 4) is 11.3 Å². The Labute approximate surface area is 222 Å². The summed E-state index contributed by atoms with van der Waals surface area (Å²) in [5, 5.41) is 3.16. The van der Waals surface area contributed by atoms with E-state index in [4.69, 9.17) is 0 Å². The first-order chi connectivity index (χ1) is 18.3. The number of nitrogens with zero attached hydrogens (tertiary/aromatic N) is 5. The Hall–Kier alpha value is -3.83. The molecule has 0 atom stereocenters. The van der Waals surface area contributed by atoms with E-state index < -0.39 is 10.0 Å². The molecule has 1 aromatic heterocycles. The molecule has 2 fully saturated rings. The normalized spacial score (nSPS) is 16.4. The van der Waals surface area contributed by atoms with Crippen molar-refractivity contribution in [2.45, 2.75) is 24.7 Å². The molecular formula is C27H30N6O4S. The molecule has 10 nitrogen and oxygen atoms in total. The highest BCUT2D eigenvalue weighted by Crippen LogP contribution is 2.25. The number of nitrogens with one attached hydrogen (secondary N) is 1. The molecule has 198 valence electrons. The number of hydrogen-bond donors (Lipinski definition) is 1. The lowest BCUT2D eigenvalue weighted by Crippen LogP contribution is -2.50. The van der Waals surface area contributed by atoms with Crippen molar-refractivity contribution in [1.82, 2.24) is 24.1 Å².